The van der Waals surface area contributed by atoms with Gasteiger partial charge in [0.2, 0.25) is 5.91 Å². The Hall–Kier alpha value is -2.93. The molecule has 0 bridgehead atoms. The third-order valence-corrected chi connectivity index (χ3v) is 4.85. The van der Waals surface area contributed by atoms with E-state index in [0.717, 1.165) is 5.56 Å². The standard InChI is InChI=1S/C23H29N3O4.ClH/c1-16(2)20(22(24)28)13-21(27)19-10-7-11-26(14-19)15-30-23(29)25-17(3)12-18-8-5-4-6-9-18;/h4-11,14,16-17,20H,12-13,15H2,1-3H3,(H2-,24,25,28,29);1H/t17-,20-;/m0./s1. The molecule has 0 spiro atoms. The van der Waals surface area contributed by atoms with Crippen LogP contribution >= 0.6 is 0 Å². The van der Waals surface area contributed by atoms with Gasteiger partial charge in [-0.2, -0.15) is 4.57 Å². The highest BCUT2D eigenvalue weighted by Crippen LogP contribution is 2.17. The minimum atomic E-state index is -0.531. The van der Waals surface area contributed by atoms with E-state index in [2.05, 4.69) is 5.32 Å². The molecule has 1 heterocycles. The summed E-state index contributed by atoms with van der Waals surface area (Å²) in [5.41, 5.74) is 6.96. The van der Waals surface area contributed by atoms with Gasteiger partial charge in [-0.15, -0.1) is 0 Å². The molecule has 0 aliphatic heterocycles. The number of benzene rings is 1. The highest BCUT2D eigenvalue weighted by Gasteiger charge is 2.24. The predicted molar refractivity (Wildman–Crippen MR) is 112 cm³/mol. The Labute approximate surface area is 189 Å². The van der Waals surface area contributed by atoms with Crippen molar-refractivity contribution in [3.63, 3.8) is 0 Å². The van der Waals surface area contributed by atoms with Crippen molar-refractivity contribution >= 4 is 17.8 Å². The summed E-state index contributed by atoms with van der Waals surface area (Å²) in [6.45, 7) is 5.59. The van der Waals surface area contributed by atoms with Gasteiger partial charge in [-0.05, 0) is 30.9 Å². The van der Waals surface area contributed by atoms with Crippen LogP contribution in [0.1, 0.15) is 43.1 Å². The molecule has 3 N–H and O–H groups in total. The van der Waals surface area contributed by atoms with Crippen LogP contribution in [0.2, 0.25) is 0 Å². The van der Waals surface area contributed by atoms with Crippen molar-refractivity contribution in [3.05, 3.63) is 66.0 Å². The minimum Gasteiger partial charge on any atom is -1.00 e. The summed E-state index contributed by atoms with van der Waals surface area (Å²) in [7, 11) is 0. The molecule has 0 saturated heterocycles. The van der Waals surface area contributed by atoms with Crippen LogP contribution in [0.3, 0.4) is 0 Å². The number of rotatable bonds is 10. The van der Waals surface area contributed by atoms with Crippen LogP contribution in [0.4, 0.5) is 4.79 Å². The summed E-state index contributed by atoms with van der Waals surface area (Å²) in [6.07, 6.45) is 3.52. The average Bonchev–Trinajstić information content (AvgIpc) is 2.70. The van der Waals surface area contributed by atoms with E-state index in [-0.39, 0.29) is 43.3 Å². The first-order valence-corrected chi connectivity index (χ1v) is 10.0. The fraction of sp³-hybridized carbons (Fsp3) is 0.391. The van der Waals surface area contributed by atoms with Crippen molar-refractivity contribution < 1.29 is 36.1 Å². The summed E-state index contributed by atoms with van der Waals surface area (Å²) in [5, 5.41) is 2.79. The zero-order valence-corrected chi connectivity index (χ0v) is 18.8. The van der Waals surface area contributed by atoms with Crippen molar-refractivity contribution in [1.82, 2.24) is 5.32 Å². The summed E-state index contributed by atoms with van der Waals surface area (Å²) in [6, 6.07) is 13.1. The number of hydrogen-bond donors (Lipinski definition) is 2. The van der Waals surface area contributed by atoms with Gasteiger partial charge in [0.25, 0.3) is 6.73 Å². The molecular weight excluding hydrogens is 418 g/mol. The second kappa shape index (κ2) is 12.7. The van der Waals surface area contributed by atoms with Crippen LogP contribution in [-0.4, -0.2) is 23.8 Å². The highest BCUT2D eigenvalue weighted by atomic mass is 35.5. The zero-order valence-electron chi connectivity index (χ0n) is 18.1. The molecule has 0 saturated carbocycles. The SMILES string of the molecule is CC(C)[C@H](CC(=O)c1ccc[n+](COC(=O)N[C@@H](C)Cc2ccccc2)c1)C(N)=O.[Cl-]. The number of nitrogens with two attached hydrogens (primary N) is 1. The van der Waals surface area contributed by atoms with Crippen LogP contribution < -0.4 is 28.0 Å². The minimum absolute atomic E-state index is 0. The molecule has 0 fully saturated rings. The van der Waals surface area contributed by atoms with E-state index in [4.69, 9.17) is 10.5 Å². The maximum atomic E-state index is 12.5. The van der Waals surface area contributed by atoms with Gasteiger partial charge in [0.15, 0.2) is 18.2 Å². The van der Waals surface area contributed by atoms with Gasteiger partial charge in [0, 0.05) is 24.4 Å². The van der Waals surface area contributed by atoms with Gasteiger partial charge in [-0.3, -0.25) is 9.59 Å². The van der Waals surface area contributed by atoms with Crippen molar-refractivity contribution in [1.29, 1.82) is 0 Å². The van der Waals surface area contributed by atoms with Crippen LogP contribution in [0, 0.1) is 11.8 Å². The lowest BCUT2D eigenvalue weighted by molar-refractivity contribution is -0.727. The number of ether oxygens (including phenoxy) is 1. The van der Waals surface area contributed by atoms with Crippen LogP contribution in [0.15, 0.2) is 54.9 Å². The third kappa shape index (κ3) is 8.76. The van der Waals surface area contributed by atoms with E-state index in [1.54, 1.807) is 29.1 Å². The second-order valence-electron chi connectivity index (χ2n) is 7.78. The number of halogens is 1. The van der Waals surface area contributed by atoms with E-state index in [1.165, 1.54) is 0 Å². The number of pyridine rings is 1. The van der Waals surface area contributed by atoms with Crippen molar-refractivity contribution in [3.8, 4) is 0 Å². The number of carbonyl (C=O) groups is 3. The average molecular weight is 448 g/mol. The maximum Gasteiger partial charge on any atom is 0.412 e. The molecule has 168 valence electrons. The van der Waals surface area contributed by atoms with Gasteiger partial charge < -0.3 is 28.2 Å². The molecule has 0 unspecified atom stereocenters. The molecule has 1 aromatic heterocycles. The van der Waals surface area contributed by atoms with Gasteiger partial charge in [-0.1, -0.05) is 44.2 Å². The Morgan fingerprint density at radius 2 is 1.74 bits per heavy atom. The van der Waals surface area contributed by atoms with E-state index in [1.807, 2.05) is 51.1 Å². The molecule has 31 heavy (non-hydrogen) atoms. The van der Waals surface area contributed by atoms with Gasteiger partial charge in [0.1, 0.15) is 0 Å². The molecule has 2 amide bonds. The van der Waals surface area contributed by atoms with Crippen LogP contribution in [-0.2, 0) is 22.7 Å². The topological polar surface area (TPSA) is 102 Å². The lowest BCUT2D eigenvalue weighted by atomic mass is 9.89. The van der Waals surface area contributed by atoms with Crippen molar-refractivity contribution in [2.24, 2.45) is 17.6 Å². The Morgan fingerprint density at radius 1 is 1.06 bits per heavy atom. The van der Waals surface area contributed by atoms with Crippen LogP contribution in [0.25, 0.3) is 0 Å². The smallest absolute Gasteiger partial charge is 0.412 e. The molecule has 0 radical (unpaired) electrons. The zero-order chi connectivity index (χ0) is 22.1. The van der Waals surface area contributed by atoms with Gasteiger partial charge in [0.05, 0.1) is 5.56 Å². The Morgan fingerprint density at radius 3 is 2.35 bits per heavy atom. The normalized spacial score (nSPS) is 12.4. The number of Topliss-reactive ketones (excluding diaryl/α,β-unsaturated/α-hetero) is 1. The molecule has 2 rings (SSSR count). The van der Waals surface area contributed by atoms with Gasteiger partial charge in [-0.25, -0.2) is 4.79 Å². The third-order valence-electron chi connectivity index (χ3n) is 4.85. The predicted octanol–water partition coefficient (Wildman–Crippen LogP) is -0.377. The first-order chi connectivity index (χ1) is 14.3. The van der Waals surface area contributed by atoms with E-state index in [0.29, 0.717) is 12.0 Å². The largest absolute Gasteiger partial charge is 1.00 e. The van der Waals surface area contributed by atoms with E-state index >= 15 is 0 Å². The summed E-state index contributed by atoms with van der Waals surface area (Å²) in [5.74, 6) is -1.19. The summed E-state index contributed by atoms with van der Waals surface area (Å²) in [4.78, 5) is 36.2. The monoisotopic (exact) mass is 447 g/mol. The summed E-state index contributed by atoms with van der Waals surface area (Å²) < 4.78 is 6.86. The van der Waals surface area contributed by atoms with Gasteiger partial charge >= 0.3 is 6.09 Å². The molecular formula is C23H30ClN3O4. The van der Waals surface area contributed by atoms with E-state index < -0.39 is 17.9 Å². The van der Waals surface area contributed by atoms with Crippen molar-refractivity contribution in [2.75, 3.05) is 0 Å². The Balaban J connectivity index is 0.00000480. The Bertz CT molecular complexity index is 874. The molecule has 2 atom stereocenters. The molecule has 1 aromatic carbocycles. The first kappa shape index (κ1) is 26.1. The molecule has 7 nitrogen and oxygen atoms in total. The number of hydrogen-bond acceptors (Lipinski definition) is 4. The summed E-state index contributed by atoms with van der Waals surface area (Å²) >= 11 is 0. The highest BCUT2D eigenvalue weighted by molar-refractivity contribution is 5.98. The Kier molecular flexibility index (Phi) is 10.7. The fourth-order valence-electron chi connectivity index (χ4n) is 3.14. The molecule has 0 aliphatic rings. The number of nitrogens with zero attached hydrogens (tertiary/aromatic N) is 1. The number of carbonyl (C=O) groups excluding carboxylic acids is 3. The quantitative estimate of drug-likeness (QED) is 0.383. The molecule has 2 aromatic rings. The number of ketones is 1. The second-order valence-corrected chi connectivity index (χ2v) is 7.78. The number of amides is 2. The fourth-order valence-corrected chi connectivity index (χ4v) is 3.14. The molecule has 0 aliphatic carbocycles. The molecule has 8 heteroatoms. The maximum absolute atomic E-state index is 12.5. The number of alkyl carbamates (subject to hydrolysis) is 1. The van der Waals surface area contributed by atoms with E-state index in [9.17, 15) is 14.4 Å². The lowest BCUT2D eigenvalue weighted by Gasteiger charge is -2.15. The van der Waals surface area contributed by atoms with Crippen LogP contribution in [0.5, 0.6) is 0 Å². The van der Waals surface area contributed by atoms with Crippen molar-refractivity contribution in [2.45, 2.75) is 46.4 Å². The lowest BCUT2D eigenvalue weighted by Crippen LogP contribution is -3.00. The number of nitrogens with one attached hydrogen (secondary N) is 1. The number of primary amides is 1. The first-order valence-electron chi connectivity index (χ1n) is 10.0. The number of aromatic nitrogens is 1.